The van der Waals surface area contributed by atoms with E-state index in [4.69, 9.17) is 9.15 Å². The van der Waals surface area contributed by atoms with Gasteiger partial charge in [-0.15, -0.1) is 0 Å². The number of aromatic nitrogens is 1. The Morgan fingerprint density at radius 2 is 1.94 bits per heavy atom. The van der Waals surface area contributed by atoms with E-state index in [9.17, 15) is 9.59 Å². The van der Waals surface area contributed by atoms with Crippen LogP contribution in [0.25, 0.3) is 11.5 Å². The molecule has 0 N–H and O–H groups in total. The Labute approximate surface area is 183 Å². The number of piperidine rings is 1. The zero-order chi connectivity index (χ0) is 22.0. The number of ether oxygens (including phenoxy) is 1. The zero-order valence-corrected chi connectivity index (χ0v) is 18.5. The normalized spacial score (nSPS) is 20.7. The van der Waals surface area contributed by atoms with E-state index in [1.165, 1.54) is 0 Å². The summed E-state index contributed by atoms with van der Waals surface area (Å²) in [5, 5.41) is 0. The van der Waals surface area contributed by atoms with Crippen LogP contribution in [0.2, 0.25) is 0 Å². The number of rotatable bonds is 6. The Balaban J connectivity index is 1.36. The van der Waals surface area contributed by atoms with Crippen LogP contribution in [0.3, 0.4) is 0 Å². The van der Waals surface area contributed by atoms with Gasteiger partial charge in [0.15, 0.2) is 0 Å². The summed E-state index contributed by atoms with van der Waals surface area (Å²) in [5.41, 5.74) is 1.59. The van der Waals surface area contributed by atoms with Crippen LogP contribution < -0.4 is 0 Å². The minimum absolute atomic E-state index is 0.0527. The molecular weight excluding hydrogens is 394 g/mol. The number of hydrogen-bond acceptors (Lipinski definition) is 5. The van der Waals surface area contributed by atoms with Gasteiger partial charge < -0.3 is 14.1 Å². The molecule has 31 heavy (non-hydrogen) atoms. The van der Waals surface area contributed by atoms with Gasteiger partial charge >= 0.3 is 6.09 Å². The number of aryl methyl sites for hydroxylation is 1. The van der Waals surface area contributed by atoms with E-state index in [0.29, 0.717) is 43.0 Å². The molecule has 166 valence electrons. The van der Waals surface area contributed by atoms with Crippen LogP contribution in [0.4, 0.5) is 4.79 Å². The van der Waals surface area contributed by atoms with Crippen molar-refractivity contribution < 1.29 is 18.7 Å². The Morgan fingerprint density at radius 3 is 2.61 bits per heavy atom. The van der Waals surface area contributed by atoms with E-state index in [1.807, 2.05) is 47.1 Å². The zero-order valence-electron chi connectivity index (χ0n) is 18.5. The number of likely N-dealkylation sites (tertiary alicyclic amines) is 1. The average molecular weight is 426 g/mol. The molecule has 2 aromatic rings. The van der Waals surface area contributed by atoms with Crippen molar-refractivity contribution in [3.05, 3.63) is 41.8 Å². The molecule has 1 aromatic carbocycles. The summed E-state index contributed by atoms with van der Waals surface area (Å²) in [7, 11) is 0. The van der Waals surface area contributed by atoms with Crippen molar-refractivity contribution >= 4 is 12.0 Å². The number of carbonyl (C=O) groups excluding carboxylic acids is 2. The molecule has 2 atom stereocenters. The Kier molecular flexibility index (Phi) is 6.30. The van der Waals surface area contributed by atoms with Gasteiger partial charge in [-0.2, -0.15) is 0 Å². The summed E-state index contributed by atoms with van der Waals surface area (Å²) in [4.78, 5) is 33.6. The van der Waals surface area contributed by atoms with Crippen LogP contribution in [-0.4, -0.2) is 58.6 Å². The molecule has 2 saturated heterocycles. The minimum Gasteiger partial charge on any atom is -0.447 e. The fourth-order valence-corrected chi connectivity index (χ4v) is 4.52. The van der Waals surface area contributed by atoms with Crippen molar-refractivity contribution in [2.75, 3.05) is 19.7 Å². The van der Waals surface area contributed by atoms with Gasteiger partial charge in [0.1, 0.15) is 12.4 Å². The lowest BCUT2D eigenvalue weighted by Gasteiger charge is -2.39. The third-order valence-electron chi connectivity index (χ3n) is 6.69. The van der Waals surface area contributed by atoms with E-state index in [-0.39, 0.29) is 30.5 Å². The summed E-state index contributed by atoms with van der Waals surface area (Å²) in [6, 6.07) is 9.98. The molecule has 2 amide bonds. The highest BCUT2D eigenvalue weighted by molar-refractivity contribution is 5.79. The SMILES string of the molecule is CC[C@H](C)[C@@H]1COC(=O)N1C1CCN(C(=O)Cc2nc(-c3ccccc3)oc2C)CC1. The molecular formula is C24H31N3O4. The van der Waals surface area contributed by atoms with Crippen LogP contribution in [0.15, 0.2) is 34.7 Å². The number of cyclic esters (lactones) is 1. The Bertz CT molecular complexity index is 918. The fraction of sp³-hybridized carbons (Fsp3) is 0.542. The molecule has 0 saturated carbocycles. The molecule has 0 radical (unpaired) electrons. The summed E-state index contributed by atoms with van der Waals surface area (Å²) < 4.78 is 11.1. The molecule has 7 heteroatoms. The van der Waals surface area contributed by atoms with Gasteiger partial charge in [0, 0.05) is 24.7 Å². The maximum absolute atomic E-state index is 12.9. The van der Waals surface area contributed by atoms with E-state index < -0.39 is 0 Å². The molecule has 1 aromatic heterocycles. The van der Waals surface area contributed by atoms with Crippen molar-refractivity contribution in [1.29, 1.82) is 0 Å². The van der Waals surface area contributed by atoms with Gasteiger partial charge in [0.05, 0.1) is 18.2 Å². The average Bonchev–Trinajstić information content (AvgIpc) is 3.36. The molecule has 0 bridgehead atoms. The van der Waals surface area contributed by atoms with Crippen molar-refractivity contribution in [3.63, 3.8) is 0 Å². The largest absolute Gasteiger partial charge is 0.447 e. The van der Waals surface area contributed by atoms with Crippen LogP contribution in [-0.2, 0) is 16.0 Å². The van der Waals surface area contributed by atoms with Crippen molar-refractivity contribution in [2.45, 2.75) is 58.5 Å². The number of carbonyl (C=O) groups is 2. The summed E-state index contributed by atoms with van der Waals surface area (Å²) in [5.74, 6) is 1.68. The lowest BCUT2D eigenvalue weighted by Crippen LogP contribution is -2.51. The van der Waals surface area contributed by atoms with Crippen molar-refractivity contribution in [1.82, 2.24) is 14.8 Å². The second-order valence-electron chi connectivity index (χ2n) is 8.61. The van der Waals surface area contributed by atoms with E-state index in [1.54, 1.807) is 0 Å². The van der Waals surface area contributed by atoms with Gasteiger partial charge in [0.25, 0.3) is 0 Å². The summed E-state index contributed by atoms with van der Waals surface area (Å²) in [6.07, 6.45) is 2.59. The number of benzene rings is 1. The van der Waals surface area contributed by atoms with E-state index in [2.05, 4.69) is 18.8 Å². The molecule has 3 heterocycles. The molecule has 2 fully saturated rings. The standard InChI is InChI=1S/C24H31N3O4/c1-4-16(2)21-15-30-24(29)27(21)19-10-12-26(13-11-19)22(28)14-20-17(3)31-23(25-20)18-8-6-5-7-9-18/h5-9,16,19,21H,4,10-15H2,1-3H3/t16-,21-/m0/s1. The maximum atomic E-state index is 12.9. The highest BCUT2D eigenvalue weighted by Gasteiger charge is 2.41. The molecule has 7 nitrogen and oxygen atoms in total. The van der Waals surface area contributed by atoms with Gasteiger partial charge in [-0.1, -0.05) is 38.5 Å². The highest BCUT2D eigenvalue weighted by Crippen LogP contribution is 2.29. The lowest BCUT2D eigenvalue weighted by atomic mass is 9.95. The molecule has 0 spiro atoms. The quantitative estimate of drug-likeness (QED) is 0.698. The van der Waals surface area contributed by atoms with Gasteiger partial charge in [-0.3, -0.25) is 9.69 Å². The first-order valence-electron chi connectivity index (χ1n) is 11.2. The topological polar surface area (TPSA) is 75.9 Å². The van der Waals surface area contributed by atoms with Gasteiger partial charge in [-0.05, 0) is 37.8 Å². The van der Waals surface area contributed by atoms with Gasteiger partial charge in [-0.25, -0.2) is 9.78 Å². The number of amides is 2. The summed E-state index contributed by atoms with van der Waals surface area (Å²) >= 11 is 0. The number of hydrogen-bond donors (Lipinski definition) is 0. The smallest absolute Gasteiger partial charge is 0.410 e. The van der Waals surface area contributed by atoms with E-state index >= 15 is 0 Å². The van der Waals surface area contributed by atoms with Crippen molar-refractivity contribution in [3.8, 4) is 11.5 Å². The number of nitrogens with zero attached hydrogens (tertiary/aromatic N) is 3. The predicted molar refractivity (Wildman–Crippen MR) is 116 cm³/mol. The third-order valence-corrected chi connectivity index (χ3v) is 6.69. The summed E-state index contributed by atoms with van der Waals surface area (Å²) in [6.45, 7) is 7.92. The maximum Gasteiger partial charge on any atom is 0.410 e. The Morgan fingerprint density at radius 1 is 1.23 bits per heavy atom. The lowest BCUT2D eigenvalue weighted by molar-refractivity contribution is -0.132. The molecule has 2 aliphatic heterocycles. The van der Waals surface area contributed by atoms with Crippen LogP contribution >= 0.6 is 0 Å². The first-order valence-corrected chi connectivity index (χ1v) is 11.2. The van der Waals surface area contributed by atoms with Crippen LogP contribution in [0.5, 0.6) is 0 Å². The van der Waals surface area contributed by atoms with E-state index in [0.717, 1.165) is 24.8 Å². The second-order valence-corrected chi connectivity index (χ2v) is 8.61. The highest BCUT2D eigenvalue weighted by atomic mass is 16.6. The first kappa shape index (κ1) is 21.4. The van der Waals surface area contributed by atoms with Gasteiger partial charge in [0.2, 0.25) is 11.8 Å². The van der Waals surface area contributed by atoms with Crippen LogP contribution in [0.1, 0.15) is 44.6 Å². The fourth-order valence-electron chi connectivity index (χ4n) is 4.52. The minimum atomic E-state index is -0.207. The molecule has 4 rings (SSSR count). The molecule has 0 unspecified atom stereocenters. The second kappa shape index (κ2) is 9.12. The van der Waals surface area contributed by atoms with Crippen LogP contribution in [0, 0.1) is 12.8 Å². The van der Waals surface area contributed by atoms with Crippen molar-refractivity contribution in [2.24, 2.45) is 5.92 Å². The monoisotopic (exact) mass is 425 g/mol. The first-order chi connectivity index (χ1) is 15.0. The Hall–Kier alpha value is -2.83. The predicted octanol–water partition coefficient (Wildman–Crippen LogP) is 4.05. The third kappa shape index (κ3) is 4.45. The number of oxazole rings is 1. The molecule has 0 aliphatic carbocycles. The molecule has 2 aliphatic rings.